The maximum atomic E-state index is 4.58. The second kappa shape index (κ2) is 4.36. The van der Waals surface area contributed by atoms with Crippen LogP contribution in [0, 0.1) is 0 Å². The van der Waals surface area contributed by atoms with E-state index in [1.54, 1.807) is 0 Å². The summed E-state index contributed by atoms with van der Waals surface area (Å²) in [5.74, 6) is 0. The van der Waals surface area contributed by atoms with Gasteiger partial charge in [-0.3, -0.25) is 4.98 Å². The van der Waals surface area contributed by atoms with Crippen LogP contribution in [-0.2, 0) is 17.4 Å². The lowest BCUT2D eigenvalue weighted by Gasteiger charge is -2.23. The highest BCUT2D eigenvalue weighted by atomic mass is 15.0. The van der Waals surface area contributed by atoms with E-state index in [4.69, 9.17) is 0 Å². The highest BCUT2D eigenvalue weighted by molar-refractivity contribution is 5.87. The van der Waals surface area contributed by atoms with Gasteiger partial charge in [-0.25, -0.2) is 0 Å². The second-order valence-electron chi connectivity index (χ2n) is 7.34. The van der Waals surface area contributed by atoms with Crippen molar-refractivity contribution in [2.24, 2.45) is 0 Å². The molecule has 19 heavy (non-hydrogen) atoms. The van der Waals surface area contributed by atoms with Crippen molar-refractivity contribution in [3.63, 3.8) is 0 Å². The van der Waals surface area contributed by atoms with Crippen LogP contribution in [0.1, 0.15) is 59.7 Å². The molecule has 2 heterocycles. The molecule has 0 bridgehead atoms. The van der Waals surface area contributed by atoms with Gasteiger partial charge < -0.3 is 4.57 Å². The smallest absolute Gasteiger partial charge is 0.0522 e. The number of fused-ring (bicyclic) bond motifs is 1. The van der Waals surface area contributed by atoms with Crippen molar-refractivity contribution >= 4 is 10.9 Å². The molecule has 104 valence electrons. The number of hydrogen-bond acceptors (Lipinski definition) is 1. The molecule has 0 atom stereocenters. The molecule has 2 aromatic heterocycles. The minimum atomic E-state index is 0.0914. The monoisotopic (exact) mass is 258 g/mol. The van der Waals surface area contributed by atoms with Crippen LogP contribution in [0.4, 0.5) is 0 Å². The summed E-state index contributed by atoms with van der Waals surface area (Å²) in [6, 6.07) is 2.15. The van der Waals surface area contributed by atoms with Crippen molar-refractivity contribution in [3.05, 3.63) is 29.7 Å². The van der Waals surface area contributed by atoms with Crippen molar-refractivity contribution in [1.29, 1.82) is 0 Å². The fourth-order valence-corrected chi connectivity index (χ4v) is 2.64. The Morgan fingerprint density at radius 1 is 1.11 bits per heavy atom. The lowest BCUT2D eigenvalue weighted by molar-refractivity contribution is 0.408. The maximum Gasteiger partial charge on any atom is 0.0522 e. The van der Waals surface area contributed by atoms with Gasteiger partial charge in [-0.1, -0.05) is 27.7 Å². The van der Waals surface area contributed by atoms with E-state index in [0.29, 0.717) is 0 Å². The van der Waals surface area contributed by atoms with Crippen LogP contribution < -0.4 is 0 Å². The molecule has 0 aromatic carbocycles. The molecular weight excluding hydrogens is 232 g/mol. The first-order chi connectivity index (χ1) is 8.66. The van der Waals surface area contributed by atoms with Gasteiger partial charge in [0.05, 0.1) is 5.52 Å². The number of rotatable bonds is 1. The van der Waals surface area contributed by atoms with Crippen LogP contribution in [0.25, 0.3) is 10.9 Å². The molecule has 0 saturated carbocycles. The Morgan fingerprint density at radius 2 is 1.74 bits per heavy atom. The Morgan fingerprint density at radius 3 is 2.21 bits per heavy atom. The minimum absolute atomic E-state index is 0.0914. The first kappa shape index (κ1) is 14.1. The molecule has 2 aromatic rings. The molecule has 0 aliphatic heterocycles. The Hall–Kier alpha value is -1.31. The third-order valence-electron chi connectivity index (χ3n) is 3.66. The SMILES string of the molecule is CCc1nccc2c1c(C(C)(C)C)cn2C(C)(C)C. The Kier molecular flexibility index (Phi) is 3.24. The molecule has 2 heteroatoms. The zero-order chi connectivity index (χ0) is 14.4. The summed E-state index contributed by atoms with van der Waals surface area (Å²) < 4.78 is 2.39. The van der Waals surface area contributed by atoms with Crippen LogP contribution in [0.3, 0.4) is 0 Å². The average Bonchev–Trinajstić information content (AvgIpc) is 2.67. The molecule has 0 amide bonds. The van der Waals surface area contributed by atoms with E-state index >= 15 is 0 Å². The van der Waals surface area contributed by atoms with Crippen LogP contribution in [-0.4, -0.2) is 9.55 Å². The summed E-state index contributed by atoms with van der Waals surface area (Å²) in [7, 11) is 0. The topological polar surface area (TPSA) is 17.8 Å². The van der Waals surface area contributed by atoms with Crippen molar-refractivity contribution < 1.29 is 0 Å². The summed E-state index contributed by atoms with van der Waals surface area (Å²) >= 11 is 0. The van der Waals surface area contributed by atoms with Gasteiger partial charge in [0, 0.05) is 29.0 Å². The summed E-state index contributed by atoms with van der Waals surface area (Å²) in [6.45, 7) is 15.8. The lowest BCUT2D eigenvalue weighted by atomic mass is 9.86. The lowest BCUT2D eigenvalue weighted by Crippen LogP contribution is -2.21. The maximum absolute atomic E-state index is 4.58. The van der Waals surface area contributed by atoms with Crippen molar-refractivity contribution in [3.8, 4) is 0 Å². The van der Waals surface area contributed by atoms with Crippen LogP contribution in [0.2, 0.25) is 0 Å². The van der Waals surface area contributed by atoms with Crippen molar-refractivity contribution in [1.82, 2.24) is 9.55 Å². The van der Waals surface area contributed by atoms with Crippen molar-refractivity contribution in [2.45, 2.75) is 65.8 Å². The van der Waals surface area contributed by atoms with E-state index in [2.05, 4.69) is 70.3 Å². The van der Waals surface area contributed by atoms with E-state index in [1.165, 1.54) is 22.2 Å². The van der Waals surface area contributed by atoms with Gasteiger partial charge in [0.25, 0.3) is 0 Å². The summed E-state index contributed by atoms with van der Waals surface area (Å²) in [5.41, 5.74) is 4.16. The van der Waals surface area contributed by atoms with Crippen molar-refractivity contribution in [2.75, 3.05) is 0 Å². The highest BCUT2D eigenvalue weighted by Gasteiger charge is 2.25. The largest absolute Gasteiger partial charge is 0.342 e. The number of nitrogens with zero attached hydrogens (tertiary/aromatic N) is 2. The third-order valence-corrected chi connectivity index (χ3v) is 3.66. The van der Waals surface area contributed by atoms with Crippen LogP contribution >= 0.6 is 0 Å². The number of aromatic nitrogens is 2. The molecule has 0 aliphatic carbocycles. The summed E-state index contributed by atoms with van der Waals surface area (Å²) in [4.78, 5) is 4.58. The normalized spacial score (nSPS) is 13.2. The molecule has 0 radical (unpaired) electrons. The predicted molar refractivity (Wildman–Crippen MR) is 82.8 cm³/mol. The first-order valence-corrected chi connectivity index (χ1v) is 7.16. The van der Waals surface area contributed by atoms with Gasteiger partial charge in [-0.05, 0) is 44.2 Å². The fourth-order valence-electron chi connectivity index (χ4n) is 2.64. The van der Waals surface area contributed by atoms with E-state index in [9.17, 15) is 0 Å². The number of aryl methyl sites for hydroxylation is 1. The van der Waals surface area contributed by atoms with E-state index < -0.39 is 0 Å². The molecule has 0 N–H and O–H groups in total. The Bertz CT molecular complexity index is 592. The number of hydrogen-bond donors (Lipinski definition) is 0. The molecule has 2 nitrogen and oxygen atoms in total. The second-order valence-corrected chi connectivity index (χ2v) is 7.34. The fraction of sp³-hybridized carbons (Fsp3) is 0.588. The first-order valence-electron chi connectivity index (χ1n) is 7.16. The Labute approximate surface area is 116 Å². The quantitative estimate of drug-likeness (QED) is 0.728. The average molecular weight is 258 g/mol. The third kappa shape index (κ3) is 2.41. The van der Waals surface area contributed by atoms with Gasteiger partial charge in [0.1, 0.15) is 0 Å². The molecule has 0 aliphatic rings. The molecule has 2 rings (SSSR count). The highest BCUT2D eigenvalue weighted by Crippen LogP contribution is 2.36. The molecule has 0 spiro atoms. The van der Waals surface area contributed by atoms with Gasteiger partial charge >= 0.3 is 0 Å². The molecule has 0 fully saturated rings. The molecular formula is C17H26N2. The van der Waals surface area contributed by atoms with Gasteiger partial charge in [-0.2, -0.15) is 0 Å². The van der Waals surface area contributed by atoms with E-state index in [-0.39, 0.29) is 11.0 Å². The Balaban J connectivity index is 2.90. The van der Waals surface area contributed by atoms with E-state index in [1.807, 2.05) is 6.20 Å². The van der Waals surface area contributed by atoms with Gasteiger partial charge in [0.15, 0.2) is 0 Å². The van der Waals surface area contributed by atoms with Gasteiger partial charge in [-0.15, -0.1) is 0 Å². The van der Waals surface area contributed by atoms with Gasteiger partial charge in [0.2, 0.25) is 0 Å². The van der Waals surface area contributed by atoms with Crippen LogP contribution in [0.15, 0.2) is 18.5 Å². The van der Waals surface area contributed by atoms with Crippen LogP contribution in [0.5, 0.6) is 0 Å². The minimum Gasteiger partial charge on any atom is -0.342 e. The zero-order valence-electron chi connectivity index (χ0n) is 13.3. The summed E-state index contributed by atoms with van der Waals surface area (Å²) in [6.07, 6.45) is 5.25. The number of pyridine rings is 1. The molecule has 0 saturated heterocycles. The molecule has 0 unspecified atom stereocenters. The summed E-state index contributed by atoms with van der Waals surface area (Å²) in [5, 5.41) is 1.35. The standard InChI is InChI=1S/C17H26N2/c1-8-13-15-12(16(2,3)4)11-19(17(5,6)7)14(15)9-10-18-13/h9-11H,8H2,1-7H3. The predicted octanol–water partition coefficient (Wildman–Crippen LogP) is 4.65. The van der Waals surface area contributed by atoms with E-state index in [0.717, 1.165) is 6.42 Å². The zero-order valence-corrected chi connectivity index (χ0v) is 13.3.